The summed E-state index contributed by atoms with van der Waals surface area (Å²) in [5, 5.41) is 10.5. The number of hydrogen-bond donors (Lipinski definition) is 2. The molecule has 1 aliphatic heterocycles. The average Bonchev–Trinajstić information content (AvgIpc) is 2.78. The quantitative estimate of drug-likeness (QED) is 0.849. The molecule has 2 rings (SSSR count). The van der Waals surface area contributed by atoms with E-state index in [0.717, 1.165) is 37.4 Å². The fourth-order valence-electron chi connectivity index (χ4n) is 2.57. The van der Waals surface area contributed by atoms with Crippen LogP contribution in [0.25, 0.3) is 0 Å². The van der Waals surface area contributed by atoms with Crippen LogP contribution in [-0.2, 0) is 4.79 Å². The lowest BCUT2D eigenvalue weighted by molar-refractivity contribution is -0.116. The van der Waals surface area contributed by atoms with Gasteiger partial charge in [0.25, 0.3) is 0 Å². The Kier molecular flexibility index (Phi) is 9.67. The summed E-state index contributed by atoms with van der Waals surface area (Å²) >= 11 is 0. The monoisotopic (exact) mass is 351 g/mol. The first-order valence-corrected chi connectivity index (χ1v) is 7.29. The molecule has 8 heteroatoms. The van der Waals surface area contributed by atoms with E-state index in [9.17, 15) is 4.79 Å². The fourth-order valence-corrected chi connectivity index (χ4v) is 2.57. The third-order valence-corrected chi connectivity index (χ3v) is 3.76. The number of aromatic nitrogens is 2. The summed E-state index contributed by atoms with van der Waals surface area (Å²) in [6, 6.07) is 2.34. The highest BCUT2D eigenvalue weighted by Gasteiger charge is 2.22. The number of anilines is 1. The van der Waals surface area contributed by atoms with Gasteiger partial charge in [-0.15, -0.1) is 24.8 Å². The van der Waals surface area contributed by atoms with Gasteiger partial charge in [0.2, 0.25) is 5.91 Å². The zero-order chi connectivity index (χ0) is 14.5. The number of halogens is 2. The topological polar surface area (TPSA) is 62.2 Å². The van der Waals surface area contributed by atoms with Crippen molar-refractivity contribution in [2.24, 2.45) is 0 Å². The van der Waals surface area contributed by atoms with Crippen molar-refractivity contribution in [1.29, 1.82) is 0 Å². The second kappa shape index (κ2) is 10.0. The fraction of sp³-hybridized carbons (Fsp3) is 0.714. The average molecular weight is 352 g/mol. The molecule has 0 radical (unpaired) electrons. The maximum atomic E-state index is 11.9. The molecule has 2 N–H and O–H groups in total. The van der Waals surface area contributed by atoms with Gasteiger partial charge in [-0.3, -0.25) is 4.79 Å². The van der Waals surface area contributed by atoms with Gasteiger partial charge < -0.3 is 15.5 Å². The van der Waals surface area contributed by atoms with E-state index >= 15 is 0 Å². The molecule has 0 atom stereocenters. The van der Waals surface area contributed by atoms with Crippen LogP contribution in [0.1, 0.15) is 31.0 Å². The zero-order valence-electron chi connectivity index (χ0n) is 13.5. The predicted octanol–water partition coefficient (Wildman–Crippen LogP) is 1.85. The smallest absolute Gasteiger partial charge is 0.226 e. The van der Waals surface area contributed by atoms with E-state index in [1.807, 2.05) is 24.7 Å². The number of likely N-dealkylation sites (tertiary alicyclic amines) is 1. The van der Waals surface area contributed by atoms with Crippen LogP contribution < -0.4 is 10.6 Å². The Morgan fingerprint density at radius 1 is 1.36 bits per heavy atom. The SMILES string of the molecule is CNCCC(=O)Nc1cc(C)nn1C1CCN(C)CC1.Cl.Cl. The molecular formula is C14H27Cl2N5O. The standard InChI is InChI=1S/C14H25N5O.2ClH/c1-11-10-13(16-14(20)4-7-15-2)19(17-11)12-5-8-18(3)9-6-12;;/h10,12,15H,4-9H2,1-3H3,(H,16,20);2*1H. The van der Waals surface area contributed by atoms with Crippen molar-refractivity contribution in [3.05, 3.63) is 11.8 Å². The molecule has 1 fully saturated rings. The Labute approximate surface area is 144 Å². The van der Waals surface area contributed by atoms with Gasteiger partial charge in [-0.05, 0) is 47.0 Å². The lowest BCUT2D eigenvalue weighted by atomic mass is 10.1. The first-order chi connectivity index (χ1) is 9.60. The van der Waals surface area contributed by atoms with Crippen LogP contribution in [0, 0.1) is 6.92 Å². The summed E-state index contributed by atoms with van der Waals surface area (Å²) in [6.07, 6.45) is 2.64. The highest BCUT2D eigenvalue weighted by Crippen LogP contribution is 2.25. The van der Waals surface area contributed by atoms with Crippen molar-refractivity contribution in [3.8, 4) is 0 Å². The maximum absolute atomic E-state index is 11.9. The summed E-state index contributed by atoms with van der Waals surface area (Å²) in [4.78, 5) is 14.2. The van der Waals surface area contributed by atoms with Crippen molar-refractivity contribution in [1.82, 2.24) is 20.0 Å². The predicted molar refractivity (Wildman–Crippen MR) is 94.4 cm³/mol. The minimum absolute atomic E-state index is 0. The van der Waals surface area contributed by atoms with Gasteiger partial charge in [0.1, 0.15) is 5.82 Å². The van der Waals surface area contributed by atoms with Crippen molar-refractivity contribution < 1.29 is 4.79 Å². The van der Waals surface area contributed by atoms with Gasteiger partial charge in [-0.25, -0.2) is 4.68 Å². The normalized spacial score (nSPS) is 15.8. The lowest BCUT2D eigenvalue weighted by Gasteiger charge is -2.30. The van der Waals surface area contributed by atoms with E-state index in [1.165, 1.54) is 0 Å². The summed E-state index contributed by atoms with van der Waals surface area (Å²) in [5.74, 6) is 0.867. The molecule has 0 aliphatic carbocycles. The number of piperidine rings is 1. The summed E-state index contributed by atoms with van der Waals surface area (Å²) in [7, 11) is 3.99. The van der Waals surface area contributed by atoms with Crippen molar-refractivity contribution >= 4 is 36.5 Å². The van der Waals surface area contributed by atoms with E-state index in [4.69, 9.17) is 0 Å². The van der Waals surface area contributed by atoms with Gasteiger partial charge in [0.05, 0.1) is 11.7 Å². The number of nitrogens with zero attached hydrogens (tertiary/aromatic N) is 3. The maximum Gasteiger partial charge on any atom is 0.226 e. The largest absolute Gasteiger partial charge is 0.319 e. The molecule has 0 saturated carbocycles. The van der Waals surface area contributed by atoms with Gasteiger partial charge >= 0.3 is 0 Å². The molecule has 22 heavy (non-hydrogen) atoms. The third-order valence-electron chi connectivity index (χ3n) is 3.76. The molecule has 1 saturated heterocycles. The van der Waals surface area contributed by atoms with E-state index in [1.54, 1.807) is 0 Å². The van der Waals surface area contributed by atoms with E-state index < -0.39 is 0 Å². The molecule has 1 amide bonds. The van der Waals surface area contributed by atoms with Gasteiger partial charge in [-0.1, -0.05) is 0 Å². The second-order valence-corrected chi connectivity index (χ2v) is 5.55. The van der Waals surface area contributed by atoms with Gasteiger partial charge in [0.15, 0.2) is 0 Å². The minimum atomic E-state index is 0. The highest BCUT2D eigenvalue weighted by atomic mass is 35.5. The highest BCUT2D eigenvalue weighted by molar-refractivity contribution is 5.90. The van der Waals surface area contributed by atoms with Crippen LogP contribution in [0.4, 0.5) is 5.82 Å². The Balaban J connectivity index is 0.00000220. The molecule has 128 valence electrons. The van der Waals surface area contributed by atoms with Crippen LogP contribution in [0.3, 0.4) is 0 Å². The van der Waals surface area contributed by atoms with Crippen LogP contribution in [0.5, 0.6) is 0 Å². The Bertz CT molecular complexity index is 458. The molecule has 2 heterocycles. The third kappa shape index (κ3) is 5.76. The van der Waals surface area contributed by atoms with Crippen molar-refractivity contribution in [3.63, 3.8) is 0 Å². The molecule has 0 aromatic carbocycles. The number of carbonyl (C=O) groups is 1. The van der Waals surface area contributed by atoms with Crippen molar-refractivity contribution in [2.75, 3.05) is 39.0 Å². The molecule has 0 spiro atoms. The minimum Gasteiger partial charge on any atom is -0.319 e. The first-order valence-electron chi connectivity index (χ1n) is 7.29. The van der Waals surface area contributed by atoms with E-state index in [0.29, 0.717) is 19.0 Å². The molecule has 1 aromatic rings. The molecule has 0 bridgehead atoms. The number of amides is 1. The number of rotatable bonds is 5. The van der Waals surface area contributed by atoms with Crippen LogP contribution in [0.15, 0.2) is 6.07 Å². The van der Waals surface area contributed by atoms with E-state index in [2.05, 4.69) is 27.7 Å². The molecular weight excluding hydrogens is 325 g/mol. The second-order valence-electron chi connectivity index (χ2n) is 5.55. The van der Waals surface area contributed by atoms with Crippen LogP contribution in [0.2, 0.25) is 0 Å². The Hall–Kier alpha value is -0.820. The summed E-state index contributed by atoms with van der Waals surface area (Å²) in [6.45, 7) is 4.81. The van der Waals surface area contributed by atoms with Crippen molar-refractivity contribution in [2.45, 2.75) is 32.2 Å². The Morgan fingerprint density at radius 2 is 2.00 bits per heavy atom. The molecule has 0 unspecified atom stereocenters. The lowest BCUT2D eigenvalue weighted by Crippen LogP contribution is -2.32. The summed E-state index contributed by atoms with van der Waals surface area (Å²) in [5.41, 5.74) is 0.952. The van der Waals surface area contributed by atoms with E-state index in [-0.39, 0.29) is 30.7 Å². The zero-order valence-corrected chi connectivity index (χ0v) is 15.1. The molecule has 1 aromatic heterocycles. The van der Waals surface area contributed by atoms with Gasteiger partial charge in [0, 0.05) is 19.0 Å². The summed E-state index contributed by atoms with van der Waals surface area (Å²) < 4.78 is 2.00. The molecule has 1 aliphatic rings. The number of aryl methyl sites for hydroxylation is 1. The molecule has 6 nitrogen and oxygen atoms in total. The Morgan fingerprint density at radius 3 is 2.59 bits per heavy atom. The number of hydrogen-bond acceptors (Lipinski definition) is 4. The van der Waals surface area contributed by atoms with Crippen LogP contribution in [-0.4, -0.2) is 54.3 Å². The number of carbonyl (C=O) groups excluding carboxylic acids is 1. The van der Waals surface area contributed by atoms with Crippen LogP contribution >= 0.6 is 24.8 Å². The number of nitrogens with one attached hydrogen (secondary N) is 2. The first kappa shape index (κ1) is 21.2. The van der Waals surface area contributed by atoms with Gasteiger partial charge in [-0.2, -0.15) is 5.10 Å².